The Morgan fingerprint density at radius 2 is 0.659 bits per heavy atom. The van der Waals surface area contributed by atoms with E-state index in [4.69, 9.17) is 0 Å². The fourth-order valence-electron chi connectivity index (χ4n) is 3.87. The minimum absolute atomic E-state index is 0. The third-order valence-electron chi connectivity index (χ3n) is 5.35. The van der Waals surface area contributed by atoms with Crippen LogP contribution >= 0.6 is 0 Å². The van der Waals surface area contributed by atoms with E-state index >= 15 is 0 Å². The molecule has 0 aliphatic heterocycles. The summed E-state index contributed by atoms with van der Waals surface area (Å²) in [5.74, 6) is -11.0. The molecule has 192 valence electrons. The number of hydrogen-bond acceptors (Lipinski definition) is 12. The van der Waals surface area contributed by atoms with Gasteiger partial charge >= 0.3 is 69.2 Å². The number of carbonyl (C=O) groups excluding carboxylic acids is 6. The topological polar surface area (TPSA) is 241 Å². The molecule has 0 bridgehead atoms. The van der Waals surface area contributed by atoms with Gasteiger partial charge in [0.25, 0.3) is 0 Å². The van der Waals surface area contributed by atoms with Gasteiger partial charge in [-0.1, -0.05) is 48.5 Å². The Balaban J connectivity index is 0.000000727. The van der Waals surface area contributed by atoms with Crippen molar-refractivity contribution >= 4 is 127 Å². The van der Waals surface area contributed by atoms with Gasteiger partial charge in [0.05, 0.1) is 35.8 Å². The van der Waals surface area contributed by atoms with Crippen molar-refractivity contribution in [1.82, 2.24) is 0 Å². The average molecular weight is 587 g/mol. The van der Waals surface area contributed by atoms with Crippen LogP contribution in [0.4, 0.5) is 0 Å². The largest absolute Gasteiger partial charge is 2.00 e. The first-order valence-corrected chi connectivity index (χ1v) is 10.3. The van der Waals surface area contributed by atoms with E-state index in [1.54, 1.807) is 12.1 Å². The van der Waals surface area contributed by atoms with E-state index in [0.717, 1.165) is 12.1 Å². The SMILES string of the molecule is O=C([O-])c1cc2ccccc2c(C(=O)[O-])c1C(=O)[O-].O=C([O-])c1cc2ccccc2c(C(=O)[O-])c1C(=O)[O-].[Mg+2].[Mg+2].[Mg+2]. The van der Waals surface area contributed by atoms with E-state index in [2.05, 4.69) is 0 Å². The van der Waals surface area contributed by atoms with Crippen molar-refractivity contribution in [2.24, 2.45) is 0 Å². The molecule has 0 unspecified atom stereocenters. The molecule has 12 nitrogen and oxygen atoms in total. The molecule has 0 aliphatic rings. The fourth-order valence-corrected chi connectivity index (χ4v) is 3.87. The Hall–Kier alpha value is -3.48. The summed E-state index contributed by atoms with van der Waals surface area (Å²) in [6, 6.07) is 13.8. The third-order valence-corrected chi connectivity index (χ3v) is 5.35. The first-order valence-electron chi connectivity index (χ1n) is 10.3. The Kier molecular flexibility index (Phi) is 14.2. The molecule has 0 saturated carbocycles. The number of benzene rings is 4. The molecule has 0 N–H and O–H groups in total. The van der Waals surface area contributed by atoms with Gasteiger partial charge in [-0.05, 0) is 33.7 Å². The standard InChI is InChI=1S/2C13H8O6.3Mg/c2*14-11(15)8-5-6-3-1-2-4-7(6)9(12(16)17)10(8)13(18)19;;;/h2*1-5H,(H,14,15)(H,16,17)(H,18,19);;;/q;;3*+2/p-6. The van der Waals surface area contributed by atoms with Gasteiger partial charge in [-0.2, -0.15) is 0 Å². The van der Waals surface area contributed by atoms with Crippen LogP contribution in [0.1, 0.15) is 62.1 Å². The van der Waals surface area contributed by atoms with Crippen molar-refractivity contribution in [3.63, 3.8) is 0 Å². The molecular formula is C26H10Mg3O12. The van der Waals surface area contributed by atoms with Crippen molar-refractivity contribution in [3.05, 3.63) is 94.0 Å². The van der Waals surface area contributed by atoms with E-state index in [9.17, 15) is 59.4 Å². The molecule has 41 heavy (non-hydrogen) atoms. The van der Waals surface area contributed by atoms with Gasteiger partial charge in [0, 0.05) is 33.4 Å². The van der Waals surface area contributed by atoms with E-state index in [1.807, 2.05) is 0 Å². The molecule has 0 radical (unpaired) electrons. The second kappa shape index (κ2) is 15.5. The monoisotopic (exact) mass is 586 g/mol. The van der Waals surface area contributed by atoms with Gasteiger partial charge < -0.3 is 59.4 Å². The molecule has 0 atom stereocenters. The normalized spacial score (nSPS) is 9.56. The molecule has 0 amide bonds. The van der Waals surface area contributed by atoms with Crippen LogP contribution in [0.25, 0.3) is 21.5 Å². The molecule has 4 aromatic carbocycles. The van der Waals surface area contributed by atoms with Crippen molar-refractivity contribution < 1.29 is 59.4 Å². The van der Waals surface area contributed by atoms with Gasteiger partial charge in [-0.25, -0.2) is 0 Å². The van der Waals surface area contributed by atoms with Gasteiger partial charge in [0.1, 0.15) is 0 Å². The summed E-state index contributed by atoms with van der Waals surface area (Å²) in [5, 5.41) is 66.7. The van der Waals surface area contributed by atoms with Crippen LogP contribution in [0.3, 0.4) is 0 Å². The van der Waals surface area contributed by atoms with Gasteiger partial charge in [0.2, 0.25) is 0 Å². The summed E-state index contributed by atoms with van der Waals surface area (Å²) in [6.45, 7) is 0. The summed E-state index contributed by atoms with van der Waals surface area (Å²) in [7, 11) is 0. The molecule has 0 fully saturated rings. The van der Waals surface area contributed by atoms with Crippen molar-refractivity contribution in [2.45, 2.75) is 0 Å². The zero-order valence-electron chi connectivity index (χ0n) is 20.8. The minimum atomic E-state index is -1.91. The number of carboxylic acids is 6. The average Bonchev–Trinajstić information content (AvgIpc) is 2.86. The van der Waals surface area contributed by atoms with E-state index in [0.29, 0.717) is 0 Å². The van der Waals surface area contributed by atoms with Crippen LogP contribution < -0.4 is 30.6 Å². The van der Waals surface area contributed by atoms with Crippen LogP contribution in [-0.4, -0.2) is 105 Å². The molecule has 0 aliphatic carbocycles. The maximum Gasteiger partial charge on any atom is 2.00 e. The Morgan fingerprint density at radius 1 is 0.390 bits per heavy atom. The second-order valence-corrected chi connectivity index (χ2v) is 7.52. The molecule has 0 aromatic heterocycles. The van der Waals surface area contributed by atoms with Crippen molar-refractivity contribution in [2.75, 3.05) is 0 Å². The molecule has 4 rings (SSSR count). The van der Waals surface area contributed by atoms with Gasteiger partial charge in [0.15, 0.2) is 0 Å². The molecule has 0 spiro atoms. The fraction of sp³-hybridized carbons (Fsp3) is 0. The van der Waals surface area contributed by atoms with Crippen LogP contribution in [0.5, 0.6) is 0 Å². The number of aromatic carboxylic acids is 6. The molecule has 0 heterocycles. The number of hydrogen-bond donors (Lipinski definition) is 0. The molecule has 15 heteroatoms. The zero-order chi connectivity index (χ0) is 28.3. The zero-order valence-corrected chi connectivity index (χ0v) is 25.0. The van der Waals surface area contributed by atoms with E-state index < -0.39 is 69.2 Å². The summed E-state index contributed by atoms with van der Waals surface area (Å²) in [5.41, 5.74) is -4.84. The Morgan fingerprint density at radius 3 is 0.902 bits per heavy atom. The van der Waals surface area contributed by atoms with Gasteiger partial charge in [-0.15, -0.1) is 0 Å². The first-order chi connectivity index (χ1) is 17.9. The van der Waals surface area contributed by atoms with E-state index in [1.165, 1.54) is 36.4 Å². The minimum Gasteiger partial charge on any atom is -0.545 e. The van der Waals surface area contributed by atoms with Crippen LogP contribution in [0.15, 0.2) is 60.7 Å². The Bertz CT molecular complexity index is 1570. The van der Waals surface area contributed by atoms with Crippen molar-refractivity contribution in [3.8, 4) is 0 Å². The van der Waals surface area contributed by atoms with Crippen LogP contribution in [-0.2, 0) is 0 Å². The number of rotatable bonds is 6. The number of carbonyl (C=O) groups is 6. The number of fused-ring (bicyclic) bond motifs is 2. The summed E-state index contributed by atoms with van der Waals surface area (Å²) in [6.07, 6.45) is 0. The number of carboxylic acid groups (broad SMARTS) is 6. The van der Waals surface area contributed by atoms with Crippen LogP contribution in [0, 0.1) is 0 Å². The quantitative estimate of drug-likeness (QED) is 0.192. The third kappa shape index (κ3) is 7.84. The Labute approximate surface area is 278 Å². The summed E-state index contributed by atoms with van der Waals surface area (Å²) < 4.78 is 0. The molecule has 0 saturated heterocycles. The molecular weight excluding hydrogens is 577 g/mol. The summed E-state index contributed by atoms with van der Waals surface area (Å²) in [4.78, 5) is 66.1. The smallest absolute Gasteiger partial charge is 0.545 e. The van der Waals surface area contributed by atoms with Crippen molar-refractivity contribution in [1.29, 1.82) is 0 Å². The predicted molar refractivity (Wildman–Crippen MR) is 131 cm³/mol. The maximum absolute atomic E-state index is 11.1. The van der Waals surface area contributed by atoms with Gasteiger partial charge in [-0.3, -0.25) is 0 Å². The first kappa shape index (κ1) is 37.5. The summed E-state index contributed by atoms with van der Waals surface area (Å²) >= 11 is 0. The molecule has 4 aromatic rings. The van der Waals surface area contributed by atoms with E-state index in [-0.39, 0.29) is 90.7 Å². The van der Waals surface area contributed by atoms with Crippen LogP contribution in [0.2, 0.25) is 0 Å². The second-order valence-electron chi connectivity index (χ2n) is 7.52. The predicted octanol–water partition coefficient (Wildman–Crippen LogP) is -5.28. The maximum atomic E-state index is 11.1.